The Bertz CT molecular complexity index is 688. The Morgan fingerprint density at radius 2 is 2.00 bits per heavy atom. The van der Waals surface area contributed by atoms with Crippen LogP contribution in [-0.2, 0) is 9.05 Å². The zero-order valence-electron chi connectivity index (χ0n) is 12.1. The van der Waals surface area contributed by atoms with E-state index < -0.39 is 9.05 Å². The minimum Gasteiger partial charge on any atom is -0.341 e. The first-order valence-corrected chi connectivity index (χ1v) is 9.30. The van der Waals surface area contributed by atoms with Gasteiger partial charge >= 0.3 is 0 Å². The van der Waals surface area contributed by atoms with Crippen molar-refractivity contribution in [2.24, 2.45) is 11.8 Å². The summed E-state index contributed by atoms with van der Waals surface area (Å²) in [5.74, 6) is 0.911. The van der Waals surface area contributed by atoms with Crippen molar-refractivity contribution in [3.8, 4) is 0 Å². The minimum atomic E-state index is -3.94. The molecule has 21 heavy (non-hydrogen) atoms. The van der Waals surface area contributed by atoms with E-state index in [1.54, 1.807) is 18.9 Å². The van der Waals surface area contributed by atoms with Crippen molar-refractivity contribution in [3.05, 3.63) is 28.3 Å². The summed E-state index contributed by atoms with van der Waals surface area (Å²) >= 11 is 6.02. The molecule has 2 unspecified atom stereocenters. The topological polar surface area (TPSA) is 54.5 Å². The highest BCUT2D eigenvalue weighted by Gasteiger charge is 2.34. The molecule has 0 radical (unpaired) electrons. The van der Waals surface area contributed by atoms with Crippen LogP contribution < -0.4 is 0 Å². The summed E-state index contributed by atoms with van der Waals surface area (Å²) in [7, 11) is 3.16. The standard InChI is InChI=1S/C14H17Cl2NO3S/c1-8-4-11(8)7-17(3)14(18)10-5-12(15)9(2)13(6-10)21(16,19)20/h5-6,8,11H,4,7H2,1-3H3. The largest absolute Gasteiger partial charge is 0.341 e. The normalized spacial score (nSPS) is 21.2. The Morgan fingerprint density at radius 1 is 1.43 bits per heavy atom. The highest BCUT2D eigenvalue weighted by atomic mass is 35.7. The number of hydrogen-bond donors (Lipinski definition) is 0. The van der Waals surface area contributed by atoms with Crippen molar-refractivity contribution >= 4 is 37.2 Å². The first kappa shape index (κ1) is 16.6. The molecule has 0 heterocycles. The molecule has 0 saturated heterocycles. The molecule has 0 N–H and O–H groups in total. The lowest BCUT2D eigenvalue weighted by Crippen LogP contribution is -2.29. The van der Waals surface area contributed by atoms with Gasteiger partial charge in [-0.05, 0) is 42.9 Å². The van der Waals surface area contributed by atoms with Crippen LogP contribution in [0, 0.1) is 18.8 Å². The van der Waals surface area contributed by atoms with Crippen molar-refractivity contribution in [1.29, 1.82) is 0 Å². The van der Waals surface area contributed by atoms with E-state index in [1.165, 1.54) is 12.1 Å². The van der Waals surface area contributed by atoms with Gasteiger partial charge in [-0.15, -0.1) is 0 Å². The number of halogens is 2. The lowest BCUT2D eigenvalue weighted by atomic mass is 10.1. The van der Waals surface area contributed by atoms with Gasteiger partial charge in [-0.25, -0.2) is 8.42 Å². The first-order valence-electron chi connectivity index (χ1n) is 6.61. The van der Waals surface area contributed by atoms with E-state index in [-0.39, 0.29) is 21.4 Å². The molecule has 0 aromatic heterocycles. The molecule has 1 fully saturated rings. The monoisotopic (exact) mass is 349 g/mol. The number of carbonyl (C=O) groups excluding carboxylic acids is 1. The smallest absolute Gasteiger partial charge is 0.261 e. The quantitative estimate of drug-likeness (QED) is 0.783. The molecule has 1 aromatic carbocycles. The van der Waals surface area contributed by atoms with E-state index in [0.29, 0.717) is 23.9 Å². The van der Waals surface area contributed by atoms with Gasteiger partial charge in [0.25, 0.3) is 15.0 Å². The number of benzene rings is 1. The average Bonchev–Trinajstić information content (AvgIpc) is 3.05. The van der Waals surface area contributed by atoms with Gasteiger partial charge < -0.3 is 4.90 Å². The molecular weight excluding hydrogens is 333 g/mol. The maximum Gasteiger partial charge on any atom is 0.261 e. The molecule has 116 valence electrons. The van der Waals surface area contributed by atoms with Crippen LogP contribution in [0.5, 0.6) is 0 Å². The van der Waals surface area contributed by atoms with E-state index in [0.717, 1.165) is 6.42 Å². The molecule has 1 amide bonds. The van der Waals surface area contributed by atoms with Crippen LogP contribution in [0.25, 0.3) is 0 Å². The Labute approximate surface area is 134 Å². The molecule has 0 bridgehead atoms. The third-order valence-corrected chi connectivity index (χ3v) is 5.78. The lowest BCUT2D eigenvalue weighted by molar-refractivity contribution is 0.0787. The minimum absolute atomic E-state index is 0.117. The second kappa shape index (κ2) is 5.78. The van der Waals surface area contributed by atoms with Crippen LogP contribution >= 0.6 is 22.3 Å². The Kier molecular flexibility index (Phi) is 4.57. The molecule has 0 spiro atoms. The highest BCUT2D eigenvalue weighted by Crippen LogP contribution is 2.38. The summed E-state index contributed by atoms with van der Waals surface area (Å²) in [6, 6.07) is 2.77. The molecular formula is C14H17Cl2NO3S. The van der Waals surface area contributed by atoms with Crippen molar-refractivity contribution in [3.63, 3.8) is 0 Å². The van der Waals surface area contributed by atoms with Crippen LogP contribution in [0.3, 0.4) is 0 Å². The summed E-state index contributed by atoms with van der Waals surface area (Å²) in [5.41, 5.74) is 0.585. The van der Waals surface area contributed by atoms with Gasteiger partial charge in [0.1, 0.15) is 0 Å². The Balaban J connectivity index is 2.31. The maximum atomic E-state index is 12.4. The van der Waals surface area contributed by atoms with Gasteiger partial charge in [0.15, 0.2) is 0 Å². The second-order valence-corrected chi connectivity index (χ2v) is 8.62. The van der Waals surface area contributed by atoms with Gasteiger partial charge in [-0.3, -0.25) is 4.79 Å². The summed E-state index contributed by atoms with van der Waals surface area (Å²) in [6.45, 7) is 4.36. The second-order valence-electron chi connectivity index (χ2n) is 5.68. The number of rotatable bonds is 4. The van der Waals surface area contributed by atoms with Crippen molar-refractivity contribution < 1.29 is 13.2 Å². The van der Waals surface area contributed by atoms with Crippen LogP contribution in [0.4, 0.5) is 0 Å². The van der Waals surface area contributed by atoms with Crippen LogP contribution in [0.2, 0.25) is 5.02 Å². The molecule has 1 aliphatic carbocycles. The third-order valence-electron chi connectivity index (χ3n) is 3.94. The molecule has 1 saturated carbocycles. The lowest BCUT2D eigenvalue weighted by Gasteiger charge is -2.18. The highest BCUT2D eigenvalue weighted by molar-refractivity contribution is 8.13. The molecule has 0 aliphatic heterocycles. The number of nitrogens with zero attached hydrogens (tertiary/aromatic N) is 1. The van der Waals surface area contributed by atoms with Gasteiger partial charge in [0, 0.05) is 34.9 Å². The fraction of sp³-hybridized carbons (Fsp3) is 0.500. The van der Waals surface area contributed by atoms with E-state index in [1.807, 2.05) is 0 Å². The van der Waals surface area contributed by atoms with Crippen molar-refractivity contribution in [1.82, 2.24) is 4.90 Å². The van der Waals surface area contributed by atoms with Crippen LogP contribution in [0.1, 0.15) is 29.3 Å². The molecule has 7 heteroatoms. The molecule has 4 nitrogen and oxygen atoms in total. The molecule has 2 atom stereocenters. The van der Waals surface area contributed by atoms with Gasteiger partial charge in [0.05, 0.1) is 4.90 Å². The van der Waals surface area contributed by atoms with E-state index in [9.17, 15) is 13.2 Å². The average molecular weight is 350 g/mol. The zero-order chi connectivity index (χ0) is 15.9. The van der Waals surface area contributed by atoms with Gasteiger partial charge in [0.2, 0.25) is 0 Å². The number of amides is 1. The molecule has 1 aliphatic rings. The summed E-state index contributed by atoms with van der Waals surface area (Å²) in [6.07, 6.45) is 1.12. The van der Waals surface area contributed by atoms with Crippen molar-refractivity contribution in [2.45, 2.75) is 25.2 Å². The molecule has 1 aromatic rings. The predicted molar refractivity (Wildman–Crippen MR) is 83.5 cm³/mol. The van der Waals surface area contributed by atoms with Crippen molar-refractivity contribution in [2.75, 3.05) is 13.6 Å². The Hall–Kier alpha value is -0.780. The first-order chi connectivity index (χ1) is 9.61. The fourth-order valence-corrected chi connectivity index (χ4v) is 3.84. The Morgan fingerprint density at radius 3 is 2.48 bits per heavy atom. The van der Waals surface area contributed by atoms with E-state index >= 15 is 0 Å². The zero-order valence-corrected chi connectivity index (χ0v) is 14.4. The SMILES string of the molecule is Cc1c(Cl)cc(C(=O)N(C)CC2CC2C)cc1S(=O)(=O)Cl. The third kappa shape index (κ3) is 3.71. The van der Waals surface area contributed by atoms with Crippen LogP contribution in [0.15, 0.2) is 17.0 Å². The van der Waals surface area contributed by atoms with Gasteiger partial charge in [-0.2, -0.15) is 0 Å². The number of carbonyl (C=O) groups is 1. The maximum absolute atomic E-state index is 12.4. The predicted octanol–water partition coefficient (Wildman–Crippen LogP) is 3.30. The van der Waals surface area contributed by atoms with Crippen LogP contribution in [-0.4, -0.2) is 32.8 Å². The summed E-state index contributed by atoms with van der Waals surface area (Å²) in [5, 5.41) is 0.216. The van der Waals surface area contributed by atoms with Gasteiger partial charge in [-0.1, -0.05) is 18.5 Å². The summed E-state index contributed by atoms with van der Waals surface area (Å²) in [4.78, 5) is 13.9. The molecule has 2 rings (SSSR count). The number of hydrogen-bond acceptors (Lipinski definition) is 3. The van der Waals surface area contributed by atoms with E-state index in [4.69, 9.17) is 22.3 Å². The van der Waals surface area contributed by atoms with E-state index in [2.05, 4.69) is 6.92 Å². The summed E-state index contributed by atoms with van der Waals surface area (Å²) < 4.78 is 23.1. The fourth-order valence-electron chi connectivity index (χ4n) is 2.34.